The average Bonchev–Trinajstić information content (AvgIpc) is 2.92. The van der Waals surface area contributed by atoms with E-state index >= 15 is 0 Å². The lowest BCUT2D eigenvalue weighted by molar-refractivity contribution is -0.114. The first-order valence-electron chi connectivity index (χ1n) is 8.88. The first-order chi connectivity index (χ1) is 12.6. The van der Waals surface area contributed by atoms with Gasteiger partial charge in [0.2, 0.25) is 11.9 Å². The monoisotopic (exact) mass is 353 g/mol. The van der Waals surface area contributed by atoms with Gasteiger partial charge < -0.3 is 15.5 Å². The largest absolute Gasteiger partial charge is 0.341 e. The molecule has 2 heterocycles. The molecule has 1 fully saturated rings. The molecule has 2 aromatic rings. The molecule has 1 aromatic carbocycles. The predicted molar refractivity (Wildman–Crippen MR) is 101 cm³/mol. The summed E-state index contributed by atoms with van der Waals surface area (Å²) in [6, 6.07) is 6.93. The quantitative estimate of drug-likeness (QED) is 0.882. The molecule has 0 atom stereocenters. The molecule has 3 rings (SSSR count). The number of carbonyl (C=O) groups is 2. The second-order valence-corrected chi connectivity index (χ2v) is 6.39. The molecule has 0 radical (unpaired) electrons. The van der Waals surface area contributed by atoms with Gasteiger partial charge in [0.1, 0.15) is 0 Å². The van der Waals surface area contributed by atoms with Crippen molar-refractivity contribution in [3.8, 4) is 0 Å². The fraction of sp³-hybridized carbons (Fsp3) is 0.368. The van der Waals surface area contributed by atoms with Gasteiger partial charge in [0.05, 0.1) is 5.56 Å². The molecule has 1 aliphatic heterocycles. The molecule has 1 aliphatic rings. The molecular weight excluding hydrogens is 330 g/mol. The summed E-state index contributed by atoms with van der Waals surface area (Å²) in [5.41, 5.74) is 1.73. The van der Waals surface area contributed by atoms with Gasteiger partial charge in [-0.25, -0.2) is 9.97 Å². The molecule has 136 valence electrons. The van der Waals surface area contributed by atoms with Crippen LogP contribution in [0, 0.1) is 0 Å². The molecule has 0 spiro atoms. The van der Waals surface area contributed by atoms with Crippen LogP contribution in [0.5, 0.6) is 0 Å². The molecule has 7 heteroatoms. The van der Waals surface area contributed by atoms with Crippen molar-refractivity contribution in [3.63, 3.8) is 0 Å². The van der Waals surface area contributed by atoms with Crippen LogP contribution in [0.4, 0.5) is 17.3 Å². The summed E-state index contributed by atoms with van der Waals surface area (Å²) in [6.07, 6.45) is 7.93. The minimum absolute atomic E-state index is 0.136. The lowest BCUT2D eigenvalue weighted by Gasteiger charge is -2.19. The van der Waals surface area contributed by atoms with Gasteiger partial charge in [0.25, 0.3) is 5.91 Å². The van der Waals surface area contributed by atoms with Gasteiger partial charge in [0.15, 0.2) is 0 Å². The summed E-state index contributed by atoms with van der Waals surface area (Å²) in [5, 5.41) is 5.49. The van der Waals surface area contributed by atoms with E-state index in [1.807, 2.05) is 0 Å². The summed E-state index contributed by atoms with van der Waals surface area (Å²) in [6.45, 7) is 3.38. The highest BCUT2D eigenvalue weighted by atomic mass is 16.2. The number of amides is 2. The van der Waals surface area contributed by atoms with Gasteiger partial charge in [0, 0.05) is 43.8 Å². The maximum absolute atomic E-state index is 12.3. The standard InChI is InChI=1S/C19H23N5O2/c1-14(25)22-16-6-8-17(9-7-16)23-18(26)15-12-20-19(21-13-15)24-10-4-2-3-5-11-24/h6-9,12-13H,2-5,10-11H2,1H3,(H,22,25)(H,23,26). The summed E-state index contributed by atoms with van der Waals surface area (Å²) in [5.74, 6) is 0.284. The molecule has 2 N–H and O–H groups in total. The Hall–Kier alpha value is -2.96. The van der Waals surface area contributed by atoms with Crippen LogP contribution in [0.25, 0.3) is 0 Å². The molecule has 0 aliphatic carbocycles. The van der Waals surface area contributed by atoms with Gasteiger partial charge in [-0.3, -0.25) is 9.59 Å². The van der Waals surface area contributed by atoms with Crippen LogP contribution in [0.2, 0.25) is 0 Å². The lowest BCUT2D eigenvalue weighted by atomic mass is 10.2. The molecule has 2 amide bonds. The Balaban J connectivity index is 1.61. The highest BCUT2D eigenvalue weighted by Crippen LogP contribution is 2.17. The number of benzene rings is 1. The van der Waals surface area contributed by atoms with E-state index in [9.17, 15) is 9.59 Å². The Labute approximate surface area is 152 Å². The number of anilines is 3. The van der Waals surface area contributed by atoms with Crippen LogP contribution in [0.3, 0.4) is 0 Å². The van der Waals surface area contributed by atoms with Crippen LogP contribution in [-0.2, 0) is 4.79 Å². The molecule has 0 unspecified atom stereocenters. The van der Waals surface area contributed by atoms with Gasteiger partial charge in [-0.1, -0.05) is 12.8 Å². The number of hydrogen-bond acceptors (Lipinski definition) is 5. The van der Waals surface area contributed by atoms with Crippen molar-refractivity contribution >= 4 is 29.1 Å². The van der Waals surface area contributed by atoms with E-state index in [1.54, 1.807) is 36.7 Å². The van der Waals surface area contributed by atoms with Crippen LogP contribution in [0.1, 0.15) is 43.0 Å². The Morgan fingerprint density at radius 1 is 0.885 bits per heavy atom. The van der Waals surface area contributed by atoms with Crippen LogP contribution < -0.4 is 15.5 Å². The topological polar surface area (TPSA) is 87.2 Å². The first kappa shape index (κ1) is 17.8. The number of aromatic nitrogens is 2. The van der Waals surface area contributed by atoms with Gasteiger partial charge in [-0.05, 0) is 37.1 Å². The maximum atomic E-state index is 12.3. The summed E-state index contributed by atoms with van der Waals surface area (Å²) in [7, 11) is 0. The van der Waals surface area contributed by atoms with Crippen molar-refractivity contribution in [3.05, 3.63) is 42.2 Å². The summed E-state index contributed by atoms with van der Waals surface area (Å²) in [4.78, 5) is 34.3. The fourth-order valence-corrected chi connectivity index (χ4v) is 2.92. The van der Waals surface area contributed by atoms with Crippen molar-refractivity contribution in [2.24, 2.45) is 0 Å². The SMILES string of the molecule is CC(=O)Nc1ccc(NC(=O)c2cnc(N3CCCCCC3)nc2)cc1. The number of rotatable bonds is 4. The number of nitrogens with one attached hydrogen (secondary N) is 2. The molecule has 26 heavy (non-hydrogen) atoms. The van der Waals surface area contributed by atoms with Gasteiger partial charge in [-0.15, -0.1) is 0 Å². The number of carbonyl (C=O) groups excluding carboxylic acids is 2. The fourth-order valence-electron chi connectivity index (χ4n) is 2.92. The van der Waals surface area contributed by atoms with E-state index in [2.05, 4.69) is 25.5 Å². The van der Waals surface area contributed by atoms with Crippen molar-refractivity contribution in [1.82, 2.24) is 9.97 Å². The van der Waals surface area contributed by atoms with Crippen LogP contribution in [0.15, 0.2) is 36.7 Å². The molecule has 1 aromatic heterocycles. The molecule has 1 saturated heterocycles. The van der Waals surface area contributed by atoms with Crippen molar-refractivity contribution in [2.45, 2.75) is 32.6 Å². The molecule has 0 bridgehead atoms. The highest BCUT2D eigenvalue weighted by molar-refractivity contribution is 6.04. The van der Waals surface area contributed by atoms with Crippen molar-refractivity contribution in [2.75, 3.05) is 28.6 Å². The molecular formula is C19H23N5O2. The number of hydrogen-bond donors (Lipinski definition) is 2. The van der Waals surface area contributed by atoms with E-state index in [0.29, 0.717) is 22.9 Å². The third-order valence-electron chi connectivity index (χ3n) is 4.25. The average molecular weight is 353 g/mol. The van der Waals surface area contributed by atoms with Crippen LogP contribution in [-0.4, -0.2) is 34.9 Å². The van der Waals surface area contributed by atoms with Crippen molar-refractivity contribution < 1.29 is 9.59 Å². The van der Waals surface area contributed by atoms with Gasteiger partial charge in [-0.2, -0.15) is 0 Å². The summed E-state index contributed by atoms with van der Waals surface area (Å²) < 4.78 is 0. The second kappa shape index (κ2) is 8.42. The Morgan fingerprint density at radius 2 is 1.42 bits per heavy atom. The minimum atomic E-state index is -0.264. The Kier molecular flexibility index (Phi) is 5.78. The lowest BCUT2D eigenvalue weighted by Crippen LogP contribution is -2.26. The second-order valence-electron chi connectivity index (χ2n) is 6.39. The van der Waals surface area contributed by atoms with E-state index < -0.39 is 0 Å². The maximum Gasteiger partial charge on any atom is 0.258 e. The Morgan fingerprint density at radius 3 is 1.96 bits per heavy atom. The summed E-state index contributed by atoms with van der Waals surface area (Å²) >= 11 is 0. The highest BCUT2D eigenvalue weighted by Gasteiger charge is 2.14. The smallest absolute Gasteiger partial charge is 0.258 e. The zero-order chi connectivity index (χ0) is 18.4. The molecule has 7 nitrogen and oxygen atoms in total. The van der Waals surface area contributed by atoms with Crippen molar-refractivity contribution in [1.29, 1.82) is 0 Å². The third kappa shape index (κ3) is 4.78. The first-order valence-corrected chi connectivity index (χ1v) is 8.88. The normalized spacial score (nSPS) is 14.4. The predicted octanol–water partition coefficient (Wildman–Crippen LogP) is 3.07. The van der Waals surface area contributed by atoms with Crippen LogP contribution >= 0.6 is 0 Å². The Bertz CT molecular complexity index is 751. The third-order valence-corrected chi connectivity index (χ3v) is 4.25. The van der Waals surface area contributed by atoms with E-state index in [1.165, 1.54) is 19.8 Å². The van der Waals surface area contributed by atoms with E-state index in [-0.39, 0.29) is 11.8 Å². The number of nitrogens with zero attached hydrogens (tertiary/aromatic N) is 3. The van der Waals surface area contributed by atoms with Gasteiger partial charge >= 0.3 is 0 Å². The zero-order valence-electron chi connectivity index (χ0n) is 14.9. The molecule has 0 saturated carbocycles. The van der Waals surface area contributed by atoms with E-state index in [4.69, 9.17) is 0 Å². The zero-order valence-corrected chi connectivity index (χ0v) is 14.9. The van der Waals surface area contributed by atoms with E-state index in [0.717, 1.165) is 25.9 Å². The minimum Gasteiger partial charge on any atom is -0.341 e.